The van der Waals surface area contributed by atoms with Crippen molar-refractivity contribution in [2.24, 2.45) is 0 Å². The summed E-state index contributed by atoms with van der Waals surface area (Å²) in [5, 5.41) is 0. The predicted molar refractivity (Wildman–Crippen MR) is 132 cm³/mol. The Hall–Kier alpha value is -3.81. The number of fused-ring (bicyclic) bond motifs is 1. The standard InChI is InChI=1S/C26H28N6O2/c1-3-17-7-8-19(14-18(17)4-2)24(33)21-15-23(29-16-28-21)31-12-9-20(10-13-31)32-22-6-5-11-27-25(22)30-26(32)34/h5-8,11,14-16,20H,3-4,9-10,12-13H2,1-2H3,(H,27,30,34). The molecule has 1 fully saturated rings. The highest BCUT2D eigenvalue weighted by Gasteiger charge is 2.25. The lowest BCUT2D eigenvalue weighted by atomic mass is 9.97. The van der Waals surface area contributed by atoms with Gasteiger partial charge in [-0.15, -0.1) is 0 Å². The molecule has 5 rings (SSSR count). The third-order valence-electron chi connectivity index (χ3n) is 6.76. The fraction of sp³-hybridized carbons (Fsp3) is 0.346. The van der Waals surface area contributed by atoms with Crippen LogP contribution in [0, 0.1) is 0 Å². The van der Waals surface area contributed by atoms with E-state index in [-0.39, 0.29) is 17.5 Å². The third-order valence-corrected chi connectivity index (χ3v) is 6.76. The van der Waals surface area contributed by atoms with Crippen LogP contribution in [0.2, 0.25) is 0 Å². The number of benzene rings is 1. The average Bonchev–Trinajstić information content (AvgIpc) is 3.23. The summed E-state index contributed by atoms with van der Waals surface area (Å²) in [6.45, 7) is 5.71. The van der Waals surface area contributed by atoms with E-state index in [1.165, 1.54) is 17.5 Å². The van der Waals surface area contributed by atoms with Crippen molar-refractivity contribution in [3.8, 4) is 0 Å². The Morgan fingerprint density at radius 2 is 1.82 bits per heavy atom. The van der Waals surface area contributed by atoms with Crippen LogP contribution >= 0.6 is 0 Å². The van der Waals surface area contributed by atoms with Crippen molar-refractivity contribution in [2.45, 2.75) is 45.6 Å². The number of hydrogen-bond donors (Lipinski definition) is 1. The first kappa shape index (κ1) is 22.0. The van der Waals surface area contributed by atoms with Gasteiger partial charge in [0.1, 0.15) is 17.8 Å². The highest BCUT2D eigenvalue weighted by atomic mass is 16.1. The summed E-state index contributed by atoms with van der Waals surface area (Å²) in [5.41, 5.74) is 4.86. The first-order valence-corrected chi connectivity index (χ1v) is 11.9. The molecule has 8 heteroatoms. The fourth-order valence-corrected chi connectivity index (χ4v) is 4.91. The van der Waals surface area contributed by atoms with Gasteiger partial charge < -0.3 is 4.90 Å². The largest absolute Gasteiger partial charge is 0.356 e. The summed E-state index contributed by atoms with van der Waals surface area (Å²) < 4.78 is 1.82. The molecule has 0 spiro atoms. The van der Waals surface area contributed by atoms with Crippen LogP contribution < -0.4 is 10.6 Å². The second-order valence-corrected chi connectivity index (χ2v) is 8.67. The molecule has 8 nitrogen and oxygen atoms in total. The molecule has 0 saturated carbocycles. The van der Waals surface area contributed by atoms with Crippen LogP contribution in [0.3, 0.4) is 0 Å². The summed E-state index contributed by atoms with van der Waals surface area (Å²) in [6.07, 6.45) is 6.59. The number of carbonyl (C=O) groups is 1. The number of pyridine rings is 1. The lowest BCUT2D eigenvalue weighted by Gasteiger charge is -2.33. The number of H-pyrrole nitrogens is 1. The van der Waals surface area contributed by atoms with Gasteiger partial charge >= 0.3 is 5.69 Å². The Bertz CT molecular complexity index is 1400. The number of ketones is 1. The van der Waals surface area contributed by atoms with Gasteiger partial charge in [0, 0.05) is 37.0 Å². The maximum Gasteiger partial charge on any atom is 0.327 e. The molecule has 0 amide bonds. The minimum Gasteiger partial charge on any atom is -0.356 e. The second-order valence-electron chi connectivity index (χ2n) is 8.67. The van der Waals surface area contributed by atoms with Gasteiger partial charge in [-0.05, 0) is 55.0 Å². The maximum absolute atomic E-state index is 13.2. The Labute approximate surface area is 197 Å². The van der Waals surface area contributed by atoms with Crippen LogP contribution in [0.25, 0.3) is 11.2 Å². The number of hydrogen-bond acceptors (Lipinski definition) is 6. The lowest BCUT2D eigenvalue weighted by molar-refractivity contribution is 0.103. The molecule has 0 bridgehead atoms. The van der Waals surface area contributed by atoms with Crippen molar-refractivity contribution in [3.63, 3.8) is 0 Å². The maximum atomic E-state index is 13.2. The van der Waals surface area contributed by atoms with Crippen LogP contribution in [0.15, 0.2) is 53.7 Å². The quantitative estimate of drug-likeness (QED) is 0.444. The normalized spacial score (nSPS) is 14.6. The molecule has 174 valence electrons. The molecule has 0 aliphatic carbocycles. The van der Waals surface area contributed by atoms with E-state index in [0.29, 0.717) is 16.9 Å². The number of aromatic amines is 1. The number of nitrogens with one attached hydrogen (secondary N) is 1. The second kappa shape index (κ2) is 9.21. The number of piperidine rings is 1. The zero-order valence-electron chi connectivity index (χ0n) is 19.5. The molecule has 4 heterocycles. The van der Waals surface area contributed by atoms with Gasteiger partial charge in [0.2, 0.25) is 5.78 Å². The van der Waals surface area contributed by atoms with E-state index >= 15 is 0 Å². The molecular weight excluding hydrogens is 428 g/mol. The topological polar surface area (TPSA) is 96.8 Å². The van der Waals surface area contributed by atoms with E-state index in [0.717, 1.165) is 50.1 Å². The average molecular weight is 457 g/mol. The van der Waals surface area contributed by atoms with Crippen LogP contribution in [0.4, 0.5) is 5.82 Å². The van der Waals surface area contributed by atoms with Gasteiger partial charge in [-0.3, -0.25) is 14.3 Å². The van der Waals surface area contributed by atoms with Gasteiger partial charge in [-0.2, -0.15) is 0 Å². The summed E-state index contributed by atoms with van der Waals surface area (Å²) in [6, 6.07) is 11.6. The monoisotopic (exact) mass is 456 g/mol. The van der Waals surface area contributed by atoms with Crippen molar-refractivity contribution in [2.75, 3.05) is 18.0 Å². The van der Waals surface area contributed by atoms with E-state index in [1.807, 2.05) is 34.9 Å². The van der Waals surface area contributed by atoms with Crippen LogP contribution in [-0.4, -0.2) is 43.4 Å². The summed E-state index contributed by atoms with van der Waals surface area (Å²) >= 11 is 0. The zero-order chi connectivity index (χ0) is 23.7. The lowest BCUT2D eigenvalue weighted by Crippen LogP contribution is -2.37. The number of anilines is 1. The summed E-state index contributed by atoms with van der Waals surface area (Å²) in [4.78, 5) is 43.6. The molecule has 1 aliphatic heterocycles. The Morgan fingerprint density at radius 3 is 2.59 bits per heavy atom. The summed E-state index contributed by atoms with van der Waals surface area (Å²) in [5.74, 6) is 0.652. The molecule has 0 unspecified atom stereocenters. The molecule has 3 aromatic heterocycles. The van der Waals surface area contributed by atoms with Crippen LogP contribution in [0.1, 0.15) is 59.9 Å². The van der Waals surface area contributed by atoms with Crippen molar-refractivity contribution in [3.05, 3.63) is 81.8 Å². The molecule has 1 aliphatic rings. The van der Waals surface area contributed by atoms with Gasteiger partial charge in [0.25, 0.3) is 0 Å². The number of carbonyl (C=O) groups excluding carboxylic acids is 1. The van der Waals surface area contributed by atoms with Crippen molar-refractivity contribution < 1.29 is 4.79 Å². The summed E-state index contributed by atoms with van der Waals surface area (Å²) in [7, 11) is 0. The van der Waals surface area contributed by atoms with Gasteiger partial charge in [-0.25, -0.2) is 19.7 Å². The molecule has 1 aromatic carbocycles. The van der Waals surface area contributed by atoms with E-state index in [2.05, 4.69) is 38.7 Å². The molecule has 1 saturated heterocycles. The van der Waals surface area contributed by atoms with Gasteiger partial charge in [0.15, 0.2) is 5.65 Å². The van der Waals surface area contributed by atoms with Crippen LogP contribution in [0.5, 0.6) is 0 Å². The van der Waals surface area contributed by atoms with E-state index in [1.54, 1.807) is 12.3 Å². The molecule has 4 aromatic rings. The predicted octanol–water partition coefficient (Wildman–Crippen LogP) is 3.71. The van der Waals surface area contributed by atoms with E-state index in [9.17, 15) is 9.59 Å². The Morgan fingerprint density at radius 1 is 1.03 bits per heavy atom. The third kappa shape index (κ3) is 4.00. The van der Waals surface area contributed by atoms with Crippen LogP contribution in [-0.2, 0) is 12.8 Å². The number of aryl methyl sites for hydroxylation is 2. The Kier molecular flexibility index (Phi) is 5.96. The van der Waals surface area contributed by atoms with Gasteiger partial charge in [0.05, 0.1) is 5.52 Å². The van der Waals surface area contributed by atoms with E-state index in [4.69, 9.17) is 0 Å². The molecule has 34 heavy (non-hydrogen) atoms. The number of rotatable bonds is 6. The van der Waals surface area contributed by atoms with Crippen molar-refractivity contribution in [1.82, 2.24) is 24.5 Å². The SMILES string of the molecule is CCc1ccc(C(=O)c2cc(N3CCC(n4c(=O)[nH]c5ncccc54)CC3)ncn2)cc1CC. The molecule has 0 atom stereocenters. The Balaban J connectivity index is 1.33. The number of imidazole rings is 1. The zero-order valence-corrected chi connectivity index (χ0v) is 19.5. The highest BCUT2D eigenvalue weighted by Crippen LogP contribution is 2.27. The first-order valence-electron chi connectivity index (χ1n) is 11.9. The van der Waals surface area contributed by atoms with Crippen molar-refractivity contribution >= 4 is 22.8 Å². The minimum atomic E-state index is -0.123. The number of nitrogens with zero attached hydrogens (tertiary/aromatic N) is 5. The smallest absolute Gasteiger partial charge is 0.327 e. The minimum absolute atomic E-state index is 0.0891. The van der Waals surface area contributed by atoms with E-state index < -0.39 is 0 Å². The number of aromatic nitrogens is 5. The van der Waals surface area contributed by atoms with Crippen molar-refractivity contribution in [1.29, 1.82) is 0 Å². The highest BCUT2D eigenvalue weighted by molar-refractivity contribution is 6.08. The van der Waals surface area contributed by atoms with Gasteiger partial charge in [-0.1, -0.05) is 26.0 Å². The molecular formula is C26H28N6O2. The fourth-order valence-electron chi connectivity index (χ4n) is 4.91. The molecule has 1 N–H and O–H groups in total. The molecule has 0 radical (unpaired) electrons. The first-order chi connectivity index (χ1) is 16.6.